The Kier molecular flexibility index (Phi) is 10.1. The van der Waals surface area contributed by atoms with Crippen LogP contribution < -0.4 is 0 Å². The molecular formula is C13H30O3Si. The van der Waals surface area contributed by atoms with Gasteiger partial charge < -0.3 is 13.9 Å². The molecule has 0 aromatic rings. The Morgan fingerprint density at radius 1 is 1.06 bits per heavy atom. The molecule has 0 aromatic carbocycles. The van der Waals surface area contributed by atoms with Crippen LogP contribution in [0.25, 0.3) is 0 Å². The van der Waals surface area contributed by atoms with E-state index in [1.165, 1.54) is 31.7 Å². The van der Waals surface area contributed by atoms with Crippen LogP contribution >= 0.6 is 0 Å². The Hall–Kier alpha value is 0.0969. The van der Waals surface area contributed by atoms with Gasteiger partial charge in [-0.05, 0) is 12.0 Å². The highest BCUT2D eigenvalue weighted by Gasteiger charge is 2.27. The highest BCUT2D eigenvalue weighted by molar-refractivity contribution is 6.27. The third-order valence-corrected chi connectivity index (χ3v) is 4.49. The second-order valence-corrected chi connectivity index (χ2v) is 6.29. The molecule has 0 saturated heterocycles. The second-order valence-electron chi connectivity index (χ2n) is 4.89. The number of methoxy groups -OCH3 is 2. The van der Waals surface area contributed by atoms with Gasteiger partial charge in [-0.1, -0.05) is 46.5 Å². The van der Waals surface area contributed by atoms with Crippen molar-refractivity contribution in [2.24, 2.45) is 5.92 Å². The SMILES string of the molecule is CCC(OC)(OC)O[SiH2]CCCCCC(C)C. The summed E-state index contributed by atoms with van der Waals surface area (Å²) < 4.78 is 16.4. The lowest BCUT2D eigenvalue weighted by atomic mass is 10.1. The van der Waals surface area contributed by atoms with E-state index >= 15 is 0 Å². The van der Waals surface area contributed by atoms with Gasteiger partial charge in [0.25, 0.3) is 5.97 Å². The summed E-state index contributed by atoms with van der Waals surface area (Å²) in [6, 6.07) is 1.21. The zero-order valence-electron chi connectivity index (χ0n) is 12.3. The summed E-state index contributed by atoms with van der Waals surface area (Å²) in [6.07, 6.45) is 6.04. The van der Waals surface area contributed by atoms with Crippen molar-refractivity contribution in [1.29, 1.82) is 0 Å². The van der Waals surface area contributed by atoms with E-state index in [1.807, 2.05) is 6.92 Å². The summed E-state index contributed by atoms with van der Waals surface area (Å²) >= 11 is 0. The van der Waals surface area contributed by atoms with Crippen molar-refractivity contribution in [3.63, 3.8) is 0 Å². The monoisotopic (exact) mass is 262 g/mol. The first-order valence-electron chi connectivity index (χ1n) is 6.84. The number of unbranched alkanes of at least 4 members (excludes halogenated alkanes) is 2. The van der Waals surface area contributed by atoms with Gasteiger partial charge in [-0.15, -0.1) is 0 Å². The molecule has 0 spiro atoms. The topological polar surface area (TPSA) is 27.7 Å². The minimum absolute atomic E-state index is 0.523. The summed E-state index contributed by atoms with van der Waals surface area (Å²) in [7, 11) is 2.76. The molecule has 104 valence electrons. The summed E-state index contributed by atoms with van der Waals surface area (Å²) in [5.41, 5.74) is 0. The number of rotatable bonds is 11. The zero-order valence-corrected chi connectivity index (χ0v) is 13.7. The Bertz CT molecular complexity index is 162. The molecule has 0 atom stereocenters. The van der Waals surface area contributed by atoms with Crippen molar-refractivity contribution >= 4 is 9.76 Å². The minimum atomic E-state index is -0.774. The Balaban J connectivity index is 3.49. The number of hydrogen-bond acceptors (Lipinski definition) is 3. The Morgan fingerprint density at radius 2 is 1.71 bits per heavy atom. The maximum Gasteiger partial charge on any atom is 0.272 e. The first-order chi connectivity index (χ1) is 8.10. The van der Waals surface area contributed by atoms with Gasteiger partial charge in [-0.25, -0.2) is 0 Å². The minimum Gasteiger partial charge on any atom is -0.376 e. The molecule has 4 heteroatoms. The quantitative estimate of drug-likeness (QED) is 0.325. The lowest BCUT2D eigenvalue weighted by Crippen LogP contribution is -2.37. The molecule has 17 heavy (non-hydrogen) atoms. The van der Waals surface area contributed by atoms with Crippen LogP contribution in [0.2, 0.25) is 6.04 Å². The van der Waals surface area contributed by atoms with E-state index in [9.17, 15) is 0 Å². The molecule has 0 fully saturated rings. The predicted octanol–water partition coefficient (Wildman–Crippen LogP) is 3.08. The maximum absolute atomic E-state index is 5.80. The van der Waals surface area contributed by atoms with Crippen LogP contribution in [0.15, 0.2) is 0 Å². The van der Waals surface area contributed by atoms with Gasteiger partial charge in [0, 0.05) is 20.6 Å². The molecule has 0 unspecified atom stereocenters. The van der Waals surface area contributed by atoms with Crippen molar-refractivity contribution in [2.75, 3.05) is 14.2 Å². The largest absolute Gasteiger partial charge is 0.376 e. The van der Waals surface area contributed by atoms with Crippen LogP contribution in [0, 0.1) is 5.92 Å². The van der Waals surface area contributed by atoms with Crippen LogP contribution in [0.3, 0.4) is 0 Å². The molecule has 0 heterocycles. The highest BCUT2D eigenvalue weighted by atomic mass is 28.2. The van der Waals surface area contributed by atoms with Crippen LogP contribution in [0.4, 0.5) is 0 Å². The summed E-state index contributed by atoms with van der Waals surface area (Å²) in [5, 5.41) is 0. The van der Waals surface area contributed by atoms with E-state index < -0.39 is 15.7 Å². The second kappa shape index (κ2) is 10.1. The third kappa shape index (κ3) is 7.92. The van der Waals surface area contributed by atoms with Gasteiger partial charge in [0.1, 0.15) is 0 Å². The lowest BCUT2D eigenvalue weighted by molar-refractivity contribution is -0.324. The average molecular weight is 262 g/mol. The van der Waals surface area contributed by atoms with Gasteiger partial charge in [0.2, 0.25) is 0 Å². The first-order valence-corrected chi connectivity index (χ1v) is 8.42. The van der Waals surface area contributed by atoms with Crippen LogP contribution in [-0.2, 0) is 13.9 Å². The van der Waals surface area contributed by atoms with E-state index in [4.69, 9.17) is 13.9 Å². The van der Waals surface area contributed by atoms with Crippen molar-refractivity contribution < 1.29 is 13.9 Å². The average Bonchev–Trinajstić information content (AvgIpc) is 2.33. The fourth-order valence-corrected chi connectivity index (χ4v) is 3.28. The maximum atomic E-state index is 5.80. The van der Waals surface area contributed by atoms with E-state index in [0.29, 0.717) is 0 Å². The number of ether oxygens (including phenoxy) is 2. The van der Waals surface area contributed by atoms with Crippen molar-refractivity contribution in [3.8, 4) is 0 Å². The van der Waals surface area contributed by atoms with E-state index in [0.717, 1.165) is 12.3 Å². The molecule has 0 radical (unpaired) electrons. The van der Waals surface area contributed by atoms with Gasteiger partial charge in [-0.2, -0.15) is 0 Å². The van der Waals surface area contributed by atoms with Crippen LogP contribution in [0.5, 0.6) is 0 Å². The van der Waals surface area contributed by atoms with Gasteiger partial charge in [0.15, 0.2) is 9.76 Å². The fraction of sp³-hybridized carbons (Fsp3) is 1.00. The molecule has 0 aliphatic carbocycles. The van der Waals surface area contributed by atoms with Gasteiger partial charge in [-0.3, -0.25) is 0 Å². The normalized spacial score (nSPS) is 13.1. The van der Waals surface area contributed by atoms with Crippen LogP contribution in [0.1, 0.15) is 52.9 Å². The zero-order chi connectivity index (χ0) is 13.1. The third-order valence-electron chi connectivity index (χ3n) is 3.05. The van der Waals surface area contributed by atoms with Gasteiger partial charge in [0.05, 0.1) is 0 Å². The Labute approximate surface area is 109 Å². The molecule has 3 nitrogen and oxygen atoms in total. The van der Waals surface area contributed by atoms with Crippen molar-refractivity contribution in [1.82, 2.24) is 0 Å². The predicted molar refractivity (Wildman–Crippen MR) is 74.8 cm³/mol. The molecule has 0 amide bonds. The molecule has 0 aliphatic heterocycles. The van der Waals surface area contributed by atoms with E-state index in [-0.39, 0.29) is 0 Å². The fourth-order valence-electron chi connectivity index (χ4n) is 1.83. The molecule has 0 N–H and O–H groups in total. The highest BCUT2D eigenvalue weighted by Crippen LogP contribution is 2.18. The molecule has 0 aromatic heterocycles. The first kappa shape index (κ1) is 17.1. The van der Waals surface area contributed by atoms with E-state index in [2.05, 4.69) is 13.8 Å². The Morgan fingerprint density at radius 3 is 2.18 bits per heavy atom. The van der Waals surface area contributed by atoms with Crippen LogP contribution in [-0.4, -0.2) is 30.0 Å². The lowest BCUT2D eigenvalue weighted by Gasteiger charge is -2.29. The molecule has 0 aliphatic rings. The molecular weight excluding hydrogens is 232 g/mol. The smallest absolute Gasteiger partial charge is 0.272 e. The summed E-state index contributed by atoms with van der Waals surface area (Å²) in [5.74, 6) is 0.0580. The van der Waals surface area contributed by atoms with Crippen molar-refractivity contribution in [3.05, 3.63) is 0 Å². The molecule has 0 bridgehead atoms. The van der Waals surface area contributed by atoms with Gasteiger partial charge >= 0.3 is 0 Å². The van der Waals surface area contributed by atoms with Crippen molar-refractivity contribution in [2.45, 2.75) is 64.9 Å². The van der Waals surface area contributed by atoms with E-state index in [1.54, 1.807) is 14.2 Å². The summed E-state index contributed by atoms with van der Waals surface area (Å²) in [6.45, 7) is 6.58. The molecule has 0 saturated carbocycles. The molecule has 0 rings (SSSR count). The summed E-state index contributed by atoms with van der Waals surface area (Å²) in [4.78, 5) is 0. The standard InChI is InChI=1S/C13H30O3Si/c1-6-13(14-4,15-5)16-17-11-9-7-8-10-12(2)3/h12H,6-11,17H2,1-5H3. The number of hydrogen-bond donors (Lipinski definition) is 0.